The number of hydrogen-bond acceptors (Lipinski definition) is 1. The monoisotopic (exact) mass is 540 g/mol. The lowest BCUT2D eigenvalue weighted by atomic mass is 9.46. The molecule has 170 valence electrons. The van der Waals surface area contributed by atoms with Gasteiger partial charge in [0.15, 0.2) is 5.78 Å². The first-order valence-electron chi connectivity index (χ1n) is 12.7. The summed E-state index contributed by atoms with van der Waals surface area (Å²) in [5.74, 6) is 5.39. The van der Waals surface area contributed by atoms with E-state index in [2.05, 4.69) is 66.5 Å². The quantitative estimate of drug-likeness (QED) is 0.318. The molecule has 4 aliphatic carbocycles. The molecule has 3 saturated carbocycles. The Morgan fingerprint density at radius 2 is 1.77 bits per heavy atom. The van der Waals surface area contributed by atoms with Crippen LogP contribution in [0.2, 0.25) is 0 Å². The minimum Gasteiger partial charge on any atom is -0.294 e. The van der Waals surface area contributed by atoms with Gasteiger partial charge in [0, 0.05) is 11.2 Å². The maximum Gasteiger partial charge on any atom is 0.169 e. The van der Waals surface area contributed by atoms with Gasteiger partial charge >= 0.3 is 0 Å². The van der Waals surface area contributed by atoms with E-state index in [0.717, 1.165) is 52.8 Å². The number of halogens is 2. The molecule has 1 unspecified atom stereocenters. The fourth-order valence-corrected chi connectivity index (χ4v) is 11.1. The van der Waals surface area contributed by atoms with Gasteiger partial charge in [0.25, 0.3) is 0 Å². The van der Waals surface area contributed by atoms with E-state index < -0.39 is 0 Å². The van der Waals surface area contributed by atoms with E-state index in [1.54, 1.807) is 0 Å². The van der Waals surface area contributed by atoms with Crippen molar-refractivity contribution < 1.29 is 4.79 Å². The smallest absolute Gasteiger partial charge is 0.169 e. The molecule has 1 nitrogen and oxygen atoms in total. The van der Waals surface area contributed by atoms with Crippen LogP contribution < -0.4 is 0 Å². The third-order valence-corrected chi connectivity index (χ3v) is 11.9. The highest BCUT2D eigenvalue weighted by molar-refractivity contribution is 9.12. The first-order valence-corrected chi connectivity index (χ1v) is 14.4. The first-order chi connectivity index (χ1) is 14.1. The van der Waals surface area contributed by atoms with Crippen molar-refractivity contribution in [1.29, 1.82) is 0 Å². The van der Waals surface area contributed by atoms with Crippen molar-refractivity contribution in [2.45, 2.75) is 104 Å². The normalized spacial score (nSPS) is 44.7. The lowest BCUT2D eigenvalue weighted by Gasteiger charge is -2.60. The largest absolute Gasteiger partial charge is 0.294 e. The Morgan fingerprint density at radius 3 is 2.47 bits per heavy atom. The predicted molar refractivity (Wildman–Crippen MR) is 134 cm³/mol. The molecule has 0 aromatic carbocycles. The number of carbonyl (C=O) groups excluding carboxylic acids is 1. The number of Topliss-reactive ketones (excluding diaryl/α,β-unsaturated/α-hetero) is 1. The first kappa shape index (κ1) is 23.5. The zero-order valence-corrected chi connectivity index (χ0v) is 22.9. The average Bonchev–Trinajstić information content (AvgIpc) is 3.02. The van der Waals surface area contributed by atoms with Crippen LogP contribution in [0.5, 0.6) is 0 Å². The van der Waals surface area contributed by atoms with Gasteiger partial charge < -0.3 is 0 Å². The number of carbonyl (C=O) groups is 1. The molecule has 8 atom stereocenters. The van der Waals surface area contributed by atoms with Crippen molar-refractivity contribution >= 4 is 37.6 Å². The van der Waals surface area contributed by atoms with E-state index in [0.29, 0.717) is 16.0 Å². The summed E-state index contributed by atoms with van der Waals surface area (Å²) in [6.45, 7) is 12.4. The molecular weight excluding hydrogens is 500 g/mol. The van der Waals surface area contributed by atoms with Crippen LogP contribution in [0.25, 0.3) is 0 Å². The van der Waals surface area contributed by atoms with E-state index in [-0.39, 0.29) is 5.41 Å². The Balaban J connectivity index is 1.55. The Labute approximate surface area is 201 Å². The highest BCUT2D eigenvalue weighted by atomic mass is 79.9. The van der Waals surface area contributed by atoms with Crippen molar-refractivity contribution in [1.82, 2.24) is 0 Å². The topological polar surface area (TPSA) is 17.1 Å². The third kappa shape index (κ3) is 3.74. The summed E-state index contributed by atoms with van der Waals surface area (Å²) >= 11 is 7.78. The second-order valence-corrected chi connectivity index (χ2v) is 14.1. The molecule has 0 saturated heterocycles. The molecule has 3 fully saturated rings. The third-order valence-electron chi connectivity index (χ3n) is 10.2. The molecule has 4 rings (SSSR count). The highest BCUT2D eigenvalue weighted by Gasteiger charge is 2.61. The van der Waals surface area contributed by atoms with E-state index in [1.807, 2.05) is 0 Å². The number of rotatable bonds is 5. The Kier molecular flexibility index (Phi) is 6.76. The molecule has 0 aliphatic heterocycles. The SMILES string of the molecule is CC(C)CCC[C@@H](C)[C@H]1CC[C@H]2[C@@H]3CC(Br)C4=C(Br)C(=O)CC[C@]4(C)[C@H]3CC[C@]12C. The standard InChI is InChI=1S/C27H42Br2O/c1-16(2)7-6-8-17(3)19-9-10-20-18-15-22(28)24-25(29)23(30)12-14-27(24,5)21(18)11-13-26(19,20)4/h16-22H,6-15H2,1-5H3/t17-,18+,19-,20+,21+,22?,26-,27-/m1/s1. The summed E-state index contributed by atoms with van der Waals surface area (Å²) in [6.07, 6.45) is 12.9. The van der Waals surface area contributed by atoms with Gasteiger partial charge in [-0.2, -0.15) is 0 Å². The number of fused-ring (bicyclic) bond motifs is 5. The molecule has 0 aromatic rings. The molecule has 0 bridgehead atoms. The highest BCUT2D eigenvalue weighted by Crippen LogP contribution is 2.68. The molecule has 4 aliphatic rings. The van der Waals surface area contributed by atoms with Crippen molar-refractivity contribution in [2.75, 3.05) is 0 Å². The van der Waals surface area contributed by atoms with E-state index >= 15 is 0 Å². The predicted octanol–water partition coefficient (Wildman–Crippen LogP) is 8.69. The van der Waals surface area contributed by atoms with E-state index in [9.17, 15) is 4.79 Å². The summed E-state index contributed by atoms with van der Waals surface area (Å²) in [4.78, 5) is 12.8. The van der Waals surface area contributed by atoms with Crippen LogP contribution in [-0.2, 0) is 4.79 Å². The van der Waals surface area contributed by atoms with Crippen LogP contribution in [0.15, 0.2) is 10.1 Å². The average molecular weight is 542 g/mol. The van der Waals surface area contributed by atoms with Gasteiger partial charge in [0.05, 0.1) is 4.48 Å². The van der Waals surface area contributed by atoms with Crippen molar-refractivity contribution in [3.8, 4) is 0 Å². The van der Waals surface area contributed by atoms with Crippen LogP contribution in [0.3, 0.4) is 0 Å². The Hall–Kier alpha value is 0.370. The summed E-state index contributed by atoms with van der Waals surface area (Å²) in [6, 6.07) is 0. The zero-order chi connectivity index (χ0) is 21.8. The van der Waals surface area contributed by atoms with Crippen molar-refractivity contribution in [3.63, 3.8) is 0 Å². The lowest BCUT2D eigenvalue weighted by Crippen LogP contribution is -2.53. The van der Waals surface area contributed by atoms with Crippen molar-refractivity contribution in [2.24, 2.45) is 46.3 Å². The van der Waals surface area contributed by atoms with Gasteiger partial charge in [-0.05, 0) is 106 Å². The summed E-state index contributed by atoms with van der Waals surface area (Å²) < 4.78 is 0.910. The van der Waals surface area contributed by atoms with E-state index in [1.165, 1.54) is 56.9 Å². The molecule has 30 heavy (non-hydrogen) atoms. The zero-order valence-electron chi connectivity index (χ0n) is 19.8. The van der Waals surface area contributed by atoms with E-state index in [4.69, 9.17) is 0 Å². The lowest BCUT2D eigenvalue weighted by molar-refractivity contribution is -0.117. The van der Waals surface area contributed by atoms with Crippen LogP contribution in [-0.4, -0.2) is 10.6 Å². The van der Waals surface area contributed by atoms with Crippen LogP contribution in [0.4, 0.5) is 0 Å². The molecule has 0 aromatic heterocycles. The van der Waals surface area contributed by atoms with Crippen LogP contribution >= 0.6 is 31.9 Å². The van der Waals surface area contributed by atoms with Crippen LogP contribution in [0.1, 0.15) is 98.8 Å². The molecule has 3 heteroatoms. The maximum absolute atomic E-state index is 12.5. The second kappa shape index (κ2) is 8.62. The number of hydrogen-bond donors (Lipinski definition) is 0. The number of ketones is 1. The van der Waals surface area contributed by atoms with Gasteiger partial charge in [0.1, 0.15) is 0 Å². The minimum atomic E-state index is 0.201. The fourth-order valence-electron chi connectivity index (χ4n) is 8.69. The van der Waals surface area contributed by atoms with Gasteiger partial charge in [-0.1, -0.05) is 69.8 Å². The van der Waals surface area contributed by atoms with Crippen molar-refractivity contribution in [3.05, 3.63) is 10.1 Å². The van der Waals surface area contributed by atoms with Gasteiger partial charge in [-0.15, -0.1) is 0 Å². The van der Waals surface area contributed by atoms with Crippen LogP contribution in [0, 0.1) is 46.3 Å². The number of alkyl halides is 1. The van der Waals surface area contributed by atoms with Gasteiger partial charge in [-0.25, -0.2) is 0 Å². The number of allylic oxidation sites excluding steroid dienone is 1. The molecule has 0 radical (unpaired) electrons. The van der Waals surface area contributed by atoms with Gasteiger partial charge in [0.2, 0.25) is 0 Å². The summed E-state index contributed by atoms with van der Waals surface area (Å²) in [5, 5.41) is 0. The maximum atomic E-state index is 12.5. The fraction of sp³-hybridized carbons (Fsp3) is 0.889. The summed E-state index contributed by atoms with van der Waals surface area (Å²) in [7, 11) is 0. The Bertz CT molecular complexity index is 712. The summed E-state index contributed by atoms with van der Waals surface area (Å²) in [5.41, 5.74) is 2.14. The molecule has 0 N–H and O–H groups in total. The molecular formula is C27H42Br2O. The Morgan fingerprint density at radius 1 is 1.03 bits per heavy atom. The van der Waals surface area contributed by atoms with Gasteiger partial charge in [-0.3, -0.25) is 4.79 Å². The molecule has 0 amide bonds. The second-order valence-electron chi connectivity index (χ2n) is 12.2. The minimum absolute atomic E-state index is 0.201. The molecule has 0 heterocycles. The molecule has 0 spiro atoms.